The molecule has 1 aromatic carbocycles. The first-order valence-electron chi connectivity index (χ1n) is 7.13. The van der Waals surface area contributed by atoms with Crippen molar-refractivity contribution in [2.24, 2.45) is 0 Å². The molecular formula is C15H18N2O4. The fourth-order valence-electron chi connectivity index (χ4n) is 3.08. The van der Waals surface area contributed by atoms with E-state index in [9.17, 15) is 14.7 Å². The quantitative estimate of drug-likeness (QED) is 0.820. The summed E-state index contributed by atoms with van der Waals surface area (Å²) in [6.07, 6.45) is 0.0606. The molecule has 0 aromatic heterocycles. The van der Waals surface area contributed by atoms with Gasteiger partial charge in [-0.1, -0.05) is 12.1 Å². The highest BCUT2D eigenvalue weighted by Gasteiger charge is 2.44. The Kier molecular flexibility index (Phi) is 3.65. The molecule has 112 valence electrons. The Morgan fingerprint density at radius 2 is 2.00 bits per heavy atom. The van der Waals surface area contributed by atoms with Gasteiger partial charge in [0.05, 0.1) is 17.4 Å². The number of anilines is 1. The lowest BCUT2D eigenvalue weighted by Crippen LogP contribution is -2.45. The molecular weight excluding hydrogens is 272 g/mol. The standard InChI is InChI=1S/C15H18N2O4/c18-7-3-6-16-12-5-2-1-4-11(12)14(20)17-9-10(19)8-13(17)15(16)21/h1-2,4-5,10,13,18-19H,3,6-9H2/t10-,13+/m1/s1. The Bertz CT molecular complexity index is 575. The molecule has 6 heteroatoms. The average Bonchev–Trinajstić information content (AvgIpc) is 2.86. The molecule has 2 N–H and O–H groups in total. The topological polar surface area (TPSA) is 81.1 Å². The van der Waals surface area contributed by atoms with Crippen LogP contribution in [-0.2, 0) is 4.79 Å². The lowest BCUT2D eigenvalue weighted by atomic mass is 10.1. The third-order valence-corrected chi connectivity index (χ3v) is 4.06. The van der Waals surface area contributed by atoms with Gasteiger partial charge in [0.15, 0.2) is 0 Å². The van der Waals surface area contributed by atoms with Gasteiger partial charge in [0.2, 0.25) is 5.91 Å². The number of fused-ring (bicyclic) bond motifs is 2. The van der Waals surface area contributed by atoms with Crippen LogP contribution in [0.25, 0.3) is 0 Å². The van der Waals surface area contributed by atoms with Crippen LogP contribution in [0.15, 0.2) is 24.3 Å². The number of nitrogens with zero attached hydrogens (tertiary/aromatic N) is 2. The molecule has 0 unspecified atom stereocenters. The van der Waals surface area contributed by atoms with Gasteiger partial charge in [0.25, 0.3) is 5.91 Å². The molecule has 2 amide bonds. The molecule has 1 aromatic rings. The average molecular weight is 290 g/mol. The summed E-state index contributed by atoms with van der Waals surface area (Å²) in [5.41, 5.74) is 1.06. The van der Waals surface area contributed by atoms with Crippen LogP contribution in [0, 0.1) is 0 Å². The van der Waals surface area contributed by atoms with E-state index in [1.165, 1.54) is 4.90 Å². The van der Waals surface area contributed by atoms with Gasteiger partial charge < -0.3 is 20.0 Å². The van der Waals surface area contributed by atoms with Crippen molar-refractivity contribution in [3.05, 3.63) is 29.8 Å². The first kappa shape index (κ1) is 14.0. The van der Waals surface area contributed by atoms with Crippen molar-refractivity contribution in [2.45, 2.75) is 25.0 Å². The van der Waals surface area contributed by atoms with E-state index in [1.807, 2.05) is 0 Å². The molecule has 2 aliphatic heterocycles. The van der Waals surface area contributed by atoms with Crippen molar-refractivity contribution in [1.82, 2.24) is 4.90 Å². The summed E-state index contributed by atoms with van der Waals surface area (Å²) in [7, 11) is 0. The van der Waals surface area contributed by atoms with E-state index in [4.69, 9.17) is 5.11 Å². The number of aliphatic hydroxyl groups excluding tert-OH is 2. The van der Waals surface area contributed by atoms with E-state index in [0.29, 0.717) is 24.2 Å². The first-order chi connectivity index (χ1) is 10.1. The lowest BCUT2D eigenvalue weighted by molar-refractivity contribution is -0.122. The Hall–Kier alpha value is -1.92. The Balaban J connectivity index is 2.06. The van der Waals surface area contributed by atoms with Crippen molar-refractivity contribution in [2.75, 3.05) is 24.6 Å². The zero-order valence-corrected chi connectivity index (χ0v) is 11.6. The predicted octanol–water partition coefficient (Wildman–Crippen LogP) is -0.00900. The highest BCUT2D eigenvalue weighted by molar-refractivity contribution is 6.11. The summed E-state index contributed by atoms with van der Waals surface area (Å²) >= 11 is 0. The predicted molar refractivity (Wildman–Crippen MR) is 75.9 cm³/mol. The zero-order valence-electron chi connectivity index (χ0n) is 11.6. The van der Waals surface area contributed by atoms with Gasteiger partial charge in [0.1, 0.15) is 6.04 Å². The molecule has 2 atom stereocenters. The molecule has 6 nitrogen and oxygen atoms in total. The molecule has 3 rings (SSSR count). The Labute approximate surface area is 122 Å². The van der Waals surface area contributed by atoms with E-state index in [-0.39, 0.29) is 31.4 Å². The van der Waals surface area contributed by atoms with Gasteiger partial charge in [-0.2, -0.15) is 0 Å². The number of carbonyl (C=O) groups excluding carboxylic acids is 2. The van der Waals surface area contributed by atoms with Gasteiger partial charge in [-0.3, -0.25) is 9.59 Å². The fourth-order valence-corrected chi connectivity index (χ4v) is 3.08. The number of carbonyl (C=O) groups is 2. The number of hydrogen-bond acceptors (Lipinski definition) is 4. The summed E-state index contributed by atoms with van der Waals surface area (Å²) in [6, 6.07) is 6.39. The van der Waals surface area contributed by atoms with Gasteiger partial charge >= 0.3 is 0 Å². The molecule has 0 aliphatic carbocycles. The maximum atomic E-state index is 12.7. The van der Waals surface area contributed by atoms with Crippen molar-refractivity contribution in [3.8, 4) is 0 Å². The first-order valence-corrected chi connectivity index (χ1v) is 7.13. The number of aliphatic hydroxyl groups is 2. The van der Waals surface area contributed by atoms with Gasteiger partial charge in [-0.05, 0) is 18.6 Å². The molecule has 2 aliphatic rings. The largest absolute Gasteiger partial charge is 0.396 e. The number of hydrogen-bond donors (Lipinski definition) is 2. The number of rotatable bonds is 3. The minimum atomic E-state index is -0.659. The number of para-hydroxylation sites is 1. The van der Waals surface area contributed by atoms with Gasteiger partial charge in [-0.15, -0.1) is 0 Å². The maximum absolute atomic E-state index is 12.7. The van der Waals surface area contributed by atoms with Crippen LogP contribution in [0.4, 0.5) is 5.69 Å². The molecule has 0 saturated carbocycles. The molecule has 0 spiro atoms. The van der Waals surface area contributed by atoms with Crippen LogP contribution in [-0.4, -0.2) is 58.8 Å². The molecule has 0 radical (unpaired) electrons. The second-order valence-electron chi connectivity index (χ2n) is 5.45. The maximum Gasteiger partial charge on any atom is 0.256 e. The molecule has 21 heavy (non-hydrogen) atoms. The van der Waals surface area contributed by atoms with Gasteiger partial charge in [-0.25, -0.2) is 0 Å². The summed E-state index contributed by atoms with van der Waals surface area (Å²) in [5.74, 6) is -0.398. The van der Waals surface area contributed by atoms with Crippen LogP contribution in [0.5, 0.6) is 0 Å². The van der Waals surface area contributed by atoms with E-state index >= 15 is 0 Å². The summed E-state index contributed by atoms with van der Waals surface area (Å²) in [4.78, 5) is 28.4. The minimum Gasteiger partial charge on any atom is -0.396 e. The zero-order chi connectivity index (χ0) is 15.0. The van der Waals surface area contributed by atoms with Crippen LogP contribution in [0.2, 0.25) is 0 Å². The van der Waals surface area contributed by atoms with Crippen molar-refractivity contribution in [1.29, 1.82) is 0 Å². The van der Waals surface area contributed by atoms with Crippen LogP contribution in [0.3, 0.4) is 0 Å². The highest BCUT2D eigenvalue weighted by Crippen LogP contribution is 2.32. The summed E-state index contributed by atoms with van der Waals surface area (Å²) in [5, 5.41) is 18.8. The Morgan fingerprint density at radius 3 is 2.76 bits per heavy atom. The van der Waals surface area contributed by atoms with Crippen LogP contribution >= 0.6 is 0 Å². The van der Waals surface area contributed by atoms with E-state index in [1.54, 1.807) is 29.2 Å². The van der Waals surface area contributed by atoms with E-state index in [2.05, 4.69) is 0 Å². The monoisotopic (exact) mass is 290 g/mol. The van der Waals surface area contributed by atoms with Crippen molar-refractivity contribution >= 4 is 17.5 Å². The molecule has 1 fully saturated rings. The minimum absolute atomic E-state index is 0.0170. The summed E-state index contributed by atoms with van der Waals surface area (Å²) in [6.45, 7) is 0.536. The highest BCUT2D eigenvalue weighted by atomic mass is 16.3. The SMILES string of the molecule is O=C1[C@@H]2C[C@@H](O)CN2C(=O)c2ccccc2N1CCCO. The second-order valence-corrected chi connectivity index (χ2v) is 5.45. The van der Waals surface area contributed by atoms with Crippen molar-refractivity contribution < 1.29 is 19.8 Å². The molecule has 2 heterocycles. The normalized spacial score (nSPS) is 24.9. The third-order valence-electron chi connectivity index (χ3n) is 4.06. The number of benzene rings is 1. The fraction of sp³-hybridized carbons (Fsp3) is 0.467. The van der Waals surface area contributed by atoms with Crippen molar-refractivity contribution in [3.63, 3.8) is 0 Å². The van der Waals surface area contributed by atoms with E-state index < -0.39 is 12.1 Å². The Morgan fingerprint density at radius 1 is 1.24 bits per heavy atom. The van der Waals surface area contributed by atoms with Crippen LogP contribution in [0.1, 0.15) is 23.2 Å². The third kappa shape index (κ3) is 2.30. The molecule has 0 bridgehead atoms. The second kappa shape index (κ2) is 5.46. The smallest absolute Gasteiger partial charge is 0.256 e. The lowest BCUT2D eigenvalue weighted by Gasteiger charge is -2.25. The molecule has 1 saturated heterocycles. The van der Waals surface area contributed by atoms with Gasteiger partial charge in [0, 0.05) is 26.1 Å². The number of amides is 2. The summed E-state index contributed by atoms with van der Waals surface area (Å²) < 4.78 is 0. The van der Waals surface area contributed by atoms with E-state index in [0.717, 1.165) is 0 Å². The van der Waals surface area contributed by atoms with Crippen LogP contribution < -0.4 is 4.90 Å².